The topological polar surface area (TPSA) is 40.5 Å². The van der Waals surface area contributed by atoms with Crippen LogP contribution in [0.15, 0.2) is 47.4 Å². The van der Waals surface area contributed by atoms with Gasteiger partial charge in [0.15, 0.2) is 0 Å². The zero-order valence-corrected chi connectivity index (χ0v) is 12.7. The number of carboxylic acid groups (broad SMARTS) is 1. The molecule has 2 aromatic carbocycles. The first-order valence-electron chi connectivity index (χ1n) is 6.91. The summed E-state index contributed by atoms with van der Waals surface area (Å²) in [6.45, 7) is 1.82. The highest BCUT2D eigenvalue weighted by Crippen LogP contribution is 2.30. The first-order chi connectivity index (χ1) is 10.2. The third-order valence-electron chi connectivity index (χ3n) is 3.85. The highest BCUT2D eigenvalue weighted by Gasteiger charge is 2.20. The van der Waals surface area contributed by atoms with Gasteiger partial charge in [-0.1, -0.05) is 12.1 Å². The summed E-state index contributed by atoms with van der Waals surface area (Å²) >= 11 is 1.74. The van der Waals surface area contributed by atoms with Crippen molar-refractivity contribution in [3.05, 3.63) is 59.2 Å². The van der Waals surface area contributed by atoms with E-state index in [1.807, 2.05) is 6.07 Å². The molecule has 1 heterocycles. The van der Waals surface area contributed by atoms with Crippen LogP contribution in [0.2, 0.25) is 0 Å². The van der Waals surface area contributed by atoms with Crippen LogP contribution in [0.25, 0.3) is 0 Å². The smallest absolute Gasteiger partial charge is 0.335 e. The summed E-state index contributed by atoms with van der Waals surface area (Å²) in [4.78, 5) is 14.6. The number of aromatic carboxylic acids is 1. The minimum atomic E-state index is -0.857. The Kier molecular flexibility index (Phi) is 3.88. The quantitative estimate of drug-likeness (QED) is 0.875. The molecule has 0 aromatic heterocycles. The van der Waals surface area contributed by atoms with Crippen LogP contribution in [0.1, 0.15) is 21.5 Å². The lowest BCUT2D eigenvalue weighted by molar-refractivity contribution is 0.0697. The van der Waals surface area contributed by atoms with Gasteiger partial charge in [0.1, 0.15) is 0 Å². The van der Waals surface area contributed by atoms with E-state index in [9.17, 15) is 4.79 Å². The zero-order valence-electron chi connectivity index (χ0n) is 11.9. The van der Waals surface area contributed by atoms with Crippen LogP contribution in [0, 0.1) is 0 Å². The molecule has 21 heavy (non-hydrogen) atoms. The number of anilines is 1. The first-order valence-corrected chi connectivity index (χ1v) is 8.14. The first kappa shape index (κ1) is 14.0. The predicted octanol–water partition coefficient (Wildman–Crippen LogP) is 3.67. The largest absolute Gasteiger partial charge is 0.478 e. The molecule has 2 aromatic rings. The molecule has 0 atom stereocenters. The summed E-state index contributed by atoms with van der Waals surface area (Å²) in [5.41, 5.74) is 3.95. The average molecular weight is 299 g/mol. The van der Waals surface area contributed by atoms with Crippen molar-refractivity contribution in [1.29, 1.82) is 0 Å². The standard InChI is InChI=1S/C17H17NO2S/c1-21-15-5-2-12(3-6-15)11-18-9-8-13-10-14(17(19)20)4-7-16(13)18/h2-7,10H,8-9,11H2,1H3,(H,19,20). The van der Waals surface area contributed by atoms with Crippen LogP contribution in [-0.4, -0.2) is 23.9 Å². The molecule has 1 aliphatic rings. The second kappa shape index (κ2) is 5.82. The summed E-state index contributed by atoms with van der Waals surface area (Å²) < 4.78 is 0. The molecule has 3 nitrogen and oxygen atoms in total. The van der Waals surface area contributed by atoms with Crippen LogP contribution in [0.4, 0.5) is 5.69 Å². The van der Waals surface area contributed by atoms with Gasteiger partial charge >= 0.3 is 5.97 Å². The maximum atomic E-state index is 11.0. The van der Waals surface area contributed by atoms with Crippen molar-refractivity contribution in [2.24, 2.45) is 0 Å². The van der Waals surface area contributed by atoms with Crippen molar-refractivity contribution in [2.45, 2.75) is 17.9 Å². The third kappa shape index (κ3) is 2.90. The Hall–Kier alpha value is -1.94. The lowest BCUT2D eigenvalue weighted by atomic mass is 10.1. The Bertz CT molecular complexity index is 667. The Morgan fingerprint density at radius 2 is 2.00 bits per heavy atom. The van der Waals surface area contributed by atoms with Gasteiger partial charge < -0.3 is 10.0 Å². The Balaban J connectivity index is 1.79. The van der Waals surface area contributed by atoms with Gasteiger partial charge in [0, 0.05) is 23.7 Å². The van der Waals surface area contributed by atoms with Crippen molar-refractivity contribution in [3.8, 4) is 0 Å². The third-order valence-corrected chi connectivity index (χ3v) is 4.59. The molecule has 0 unspecified atom stereocenters. The lowest BCUT2D eigenvalue weighted by Crippen LogP contribution is -2.19. The average Bonchev–Trinajstić information content (AvgIpc) is 2.90. The summed E-state index contributed by atoms with van der Waals surface area (Å²) in [5, 5.41) is 9.05. The van der Waals surface area contributed by atoms with E-state index in [0.717, 1.165) is 30.8 Å². The van der Waals surface area contributed by atoms with E-state index in [1.165, 1.54) is 10.5 Å². The summed E-state index contributed by atoms with van der Waals surface area (Å²) in [6, 6.07) is 14.0. The highest BCUT2D eigenvalue weighted by atomic mass is 32.2. The number of benzene rings is 2. The molecule has 1 aliphatic heterocycles. The van der Waals surface area contributed by atoms with Crippen molar-refractivity contribution in [1.82, 2.24) is 0 Å². The van der Waals surface area contributed by atoms with E-state index in [1.54, 1.807) is 23.9 Å². The van der Waals surface area contributed by atoms with Crippen LogP contribution in [0.5, 0.6) is 0 Å². The maximum Gasteiger partial charge on any atom is 0.335 e. The molecular formula is C17H17NO2S. The van der Waals surface area contributed by atoms with Gasteiger partial charge in [-0.15, -0.1) is 11.8 Å². The van der Waals surface area contributed by atoms with Crippen molar-refractivity contribution in [2.75, 3.05) is 17.7 Å². The van der Waals surface area contributed by atoms with E-state index in [-0.39, 0.29) is 0 Å². The van der Waals surface area contributed by atoms with Gasteiger partial charge in [0.25, 0.3) is 0 Å². The number of hydrogen-bond donors (Lipinski definition) is 1. The predicted molar refractivity (Wildman–Crippen MR) is 86.4 cm³/mol. The van der Waals surface area contributed by atoms with Crippen LogP contribution in [-0.2, 0) is 13.0 Å². The van der Waals surface area contributed by atoms with Gasteiger partial charge in [-0.2, -0.15) is 0 Å². The molecule has 0 spiro atoms. The zero-order chi connectivity index (χ0) is 14.8. The van der Waals surface area contributed by atoms with Gasteiger partial charge in [-0.25, -0.2) is 4.79 Å². The fraction of sp³-hybridized carbons (Fsp3) is 0.235. The molecule has 4 heteroatoms. The molecule has 108 valence electrons. The molecule has 3 rings (SSSR count). The second-order valence-electron chi connectivity index (χ2n) is 5.17. The maximum absolute atomic E-state index is 11.0. The monoisotopic (exact) mass is 299 g/mol. The summed E-state index contributed by atoms with van der Waals surface area (Å²) in [6.07, 6.45) is 2.99. The minimum absolute atomic E-state index is 0.375. The van der Waals surface area contributed by atoms with Gasteiger partial charge in [0.2, 0.25) is 0 Å². The molecule has 1 N–H and O–H groups in total. The molecule has 0 saturated carbocycles. The molecule has 0 radical (unpaired) electrons. The number of carbonyl (C=O) groups is 1. The Morgan fingerprint density at radius 1 is 1.24 bits per heavy atom. The van der Waals surface area contributed by atoms with Gasteiger partial charge in [-0.05, 0) is 54.1 Å². The SMILES string of the molecule is CSc1ccc(CN2CCc3cc(C(=O)O)ccc32)cc1. The lowest BCUT2D eigenvalue weighted by Gasteiger charge is -2.19. The van der Waals surface area contributed by atoms with Crippen LogP contribution in [0.3, 0.4) is 0 Å². The fourth-order valence-electron chi connectivity index (χ4n) is 2.72. The second-order valence-corrected chi connectivity index (χ2v) is 6.05. The van der Waals surface area contributed by atoms with E-state index in [4.69, 9.17) is 5.11 Å². The number of nitrogens with zero attached hydrogens (tertiary/aromatic N) is 1. The molecule has 0 saturated heterocycles. The van der Waals surface area contributed by atoms with E-state index < -0.39 is 5.97 Å². The Labute approximate surface area is 128 Å². The van der Waals surface area contributed by atoms with Crippen molar-refractivity contribution >= 4 is 23.4 Å². The van der Waals surface area contributed by atoms with Gasteiger partial charge in [-0.3, -0.25) is 0 Å². The molecule has 0 aliphatic carbocycles. The number of rotatable bonds is 4. The molecule has 0 amide bonds. The van der Waals surface area contributed by atoms with Crippen molar-refractivity contribution in [3.63, 3.8) is 0 Å². The Morgan fingerprint density at radius 3 is 2.67 bits per heavy atom. The molecular weight excluding hydrogens is 282 g/mol. The summed E-state index contributed by atoms with van der Waals surface area (Å²) in [5.74, 6) is -0.857. The number of thioether (sulfide) groups is 1. The van der Waals surface area contributed by atoms with E-state index in [0.29, 0.717) is 5.56 Å². The molecule has 0 bridgehead atoms. The van der Waals surface area contributed by atoms with E-state index in [2.05, 4.69) is 35.4 Å². The normalized spacial score (nSPS) is 13.3. The fourth-order valence-corrected chi connectivity index (χ4v) is 3.13. The number of hydrogen-bond acceptors (Lipinski definition) is 3. The van der Waals surface area contributed by atoms with Gasteiger partial charge in [0.05, 0.1) is 5.56 Å². The number of carboxylic acids is 1. The minimum Gasteiger partial charge on any atom is -0.478 e. The highest BCUT2D eigenvalue weighted by molar-refractivity contribution is 7.98. The van der Waals surface area contributed by atoms with Crippen molar-refractivity contribution < 1.29 is 9.90 Å². The van der Waals surface area contributed by atoms with E-state index >= 15 is 0 Å². The summed E-state index contributed by atoms with van der Waals surface area (Å²) in [7, 11) is 0. The van der Waals surface area contributed by atoms with Crippen LogP contribution >= 0.6 is 11.8 Å². The van der Waals surface area contributed by atoms with Crippen LogP contribution < -0.4 is 4.90 Å². The molecule has 0 fully saturated rings. The number of fused-ring (bicyclic) bond motifs is 1.